The largest absolute Gasteiger partial charge is 0.372 e. The topological polar surface area (TPSA) is 3.24 Å². The fourth-order valence-electron chi connectivity index (χ4n) is 2.62. The fourth-order valence-corrected chi connectivity index (χ4v) is 3.45. The Morgan fingerprint density at radius 2 is 1.36 bits per heavy atom. The van der Waals surface area contributed by atoms with E-state index >= 15 is 0 Å². The number of hydrogen-bond donors (Lipinski definition) is 0. The van der Waals surface area contributed by atoms with Crippen LogP contribution < -0.4 is 4.90 Å². The molecule has 2 aromatic carbocycles. The summed E-state index contributed by atoms with van der Waals surface area (Å²) < 4.78 is 0. The molecule has 1 aliphatic heterocycles. The van der Waals surface area contributed by atoms with E-state index in [-0.39, 0.29) is 0 Å². The molecule has 1 nitrogen and oxygen atoms in total. The lowest BCUT2D eigenvalue weighted by atomic mass is 9.99. The molecule has 3 rings (SSSR count). The van der Waals surface area contributed by atoms with Crippen molar-refractivity contribution in [1.82, 2.24) is 0 Å². The van der Waals surface area contributed by atoms with Gasteiger partial charge in [-0.1, -0.05) is 50.7 Å². The molecule has 2 aromatic rings. The van der Waals surface area contributed by atoms with Gasteiger partial charge in [-0.3, -0.25) is 0 Å². The van der Waals surface area contributed by atoms with Crippen molar-refractivity contribution in [2.75, 3.05) is 18.0 Å². The fraction of sp³-hybridized carbons (Fsp3) is 0.400. The lowest BCUT2D eigenvalue weighted by Gasteiger charge is -2.32. The average Bonchev–Trinajstić information content (AvgIpc) is 2.59. The van der Waals surface area contributed by atoms with Gasteiger partial charge >= 0.3 is 0 Å². The molecule has 0 aliphatic carbocycles. The van der Waals surface area contributed by atoms with Crippen LogP contribution in [0.5, 0.6) is 0 Å². The van der Waals surface area contributed by atoms with Gasteiger partial charge in [0.15, 0.2) is 0 Å². The van der Waals surface area contributed by atoms with E-state index in [2.05, 4.69) is 66.4 Å². The zero-order valence-corrected chi connectivity index (χ0v) is 14.8. The maximum Gasteiger partial charge on any atom is 0.0366 e. The molecule has 0 N–H and O–H groups in total. The van der Waals surface area contributed by atoms with Crippen molar-refractivity contribution < 1.29 is 0 Å². The van der Waals surface area contributed by atoms with Crippen LogP contribution in [0.15, 0.2) is 64.4 Å². The number of anilines is 1. The Bertz CT molecular complexity index is 527. The van der Waals surface area contributed by atoms with Crippen molar-refractivity contribution in [3.05, 3.63) is 54.6 Å². The number of piperidine rings is 1. The average molecular weight is 314 g/mol. The zero-order chi connectivity index (χ0) is 15.8. The first-order valence-electron chi connectivity index (χ1n) is 8.39. The quantitative estimate of drug-likeness (QED) is 0.673. The highest BCUT2D eigenvalue weighted by atomic mass is 32.2. The third-order valence-corrected chi connectivity index (χ3v) is 4.98. The highest BCUT2D eigenvalue weighted by Crippen LogP contribution is 2.30. The van der Waals surface area contributed by atoms with Crippen LogP contribution in [0.3, 0.4) is 0 Å². The molecule has 0 aromatic heterocycles. The molecule has 1 aliphatic rings. The van der Waals surface area contributed by atoms with Crippen molar-refractivity contribution in [1.29, 1.82) is 0 Å². The van der Waals surface area contributed by atoms with E-state index in [1.807, 2.05) is 25.6 Å². The lowest BCUT2D eigenvalue weighted by molar-refractivity contribution is 0.438. The molecule has 0 atom stereocenters. The highest BCUT2D eigenvalue weighted by molar-refractivity contribution is 7.99. The number of benzene rings is 2. The summed E-state index contributed by atoms with van der Waals surface area (Å²) >= 11 is 1.82. The van der Waals surface area contributed by atoms with E-state index in [9.17, 15) is 0 Å². The van der Waals surface area contributed by atoms with Crippen LogP contribution in [0.4, 0.5) is 5.69 Å². The summed E-state index contributed by atoms with van der Waals surface area (Å²) in [7, 11) is 0. The minimum absolute atomic E-state index is 0.888. The van der Waals surface area contributed by atoms with Gasteiger partial charge in [0, 0.05) is 28.6 Å². The van der Waals surface area contributed by atoms with Gasteiger partial charge in [-0.2, -0.15) is 0 Å². The minimum atomic E-state index is 0.888. The Balaban J connectivity index is 0.000000847. The normalized spacial score (nSPS) is 15.1. The third-order valence-electron chi connectivity index (χ3n) is 3.96. The van der Waals surface area contributed by atoms with E-state index in [4.69, 9.17) is 0 Å². The molecule has 2 heteroatoms. The molecule has 0 saturated carbocycles. The third kappa shape index (κ3) is 4.81. The van der Waals surface area contributed by atoms with E-state index in [0.717, 1.165) is 5.92 Å². The maximum atomic E-state index is 2.51. The molecule has 0 spiro atoms. The van der Waals surface area contributed by atoms with Crippen molar-refractivity contribution >= 4 is 17.4 Å². The van der Waals surface area contributed by atoms with Gasteiger partial charge in [-0.25, -0.2) is 0 Å². The molecule has 0 bridgehead atoms. The Morgan fingerprint density at radius 1 is 0.818 bits per heavy atom. The second kappa shape index (κ2) is 8.89. The zero-order valence-electron chi connectivity index (χ0n) is 14.0. The summed E-state index contributed by atoms with van der Waals surface area (Å²) in [6.07, 6.45) is 2.64. The monoisotopic (exact) mass is 313 g/mol. The summed E-state index contributed by atoms with van der Waals surface area (Å²) in [5, 5.41) is 0. The molecule has 1 fully saturated rings. The molecular formula is C20H27NS. The molecule has 118 valence electrons. The predicted molar refractivity (Wildman–Crippen MR) is 99.0 cm³/mol. The number of rotatable bonds is 3. The van der Waals surface area contributed by atoms with Crippen molar-refractivity contribution in [3.63, 3.8) is 0 Å². The second-order valence-electron chi connectivity index (χ2n) is 5.58. The van der Waals surface area contributed by atoms with Crippen LogP contribution in [-0.4, -0.2) is 13.1 Å². The van der Waals surface area contributed by atoms with Gasteiger partial charge in [0.2, 0.25) is 0 Å². The van der Waals surface area contributed by atoms with Gasteiger partial charge in [0.25, 0.3) is 0 Å². The van der Waals surface area contributed by atoms with E-state index in [1.165, 1.54) is 41.4 Å². The SMILES string of the molecule is CC.CC1CCN(c2ccc(Sc3ccccc3)cc2)CC1. The summed E-state index contributed by atoms with van der Waals surface area (Å²) in [4.78, 5) is 5.12. The van der Waals surface area contributed by atoms with E-state index in [0.29, 0.717) is 0 Å². The lowest BCUT2D eigenvalue weighted by Crippen LogP contribution is -2.32. The van der Waals surface area contributed by atoms with Crippen LogP contribution >= 0.6 is 11.8 Å². The van der Waals surface area contributed by atoms with Crippen LogP contribution in [-0.2, 0) is 0 Å². The first kappa shape index (κ1) is 17.0. The van der Waals surface area contributed by atoms with Crippen molar-refractivity contribution in [3.8, 4) is 0 Å². The molecule has 0 unspecified atom stereocenters. The van der Waals surface area contributed by atoms with Gasteiger partial charge < -0.3 is 4.90 Å². The minimum Gasteiger partial charge on any atom is -0.372 e. The maximum absolute atomic E-state index is 2.51. The van der Waals surface area contributed by atoms with Gasteiger partial charge in [-0.15, -0.1) is 0 Å². The highest BCUT2D eigenvalue weighted by Gasteiger charge is 2.15. The first-order valence-corrected chi connectivity index (χ1v) is 9.21. The molecule has 22 heavy (non-hydrogen) atoms. The van der Waals surface area contributed by atoms with Crippen LogP contribution in [0.2, 0.25) is 0 Å². The first-order chi connectivity index (χ1) is 10.8. The van der Waals surface area contributed by atoms with E-state index in [1.54, 1.807) is 0 Å². The Labute approximate surface area is 139 Å². The smallest absolute Gasteiger partial charge is 0.0366 e. The van der Waals surface area contributed by atoms with Gasteiger partial charge in [0.1, 0.15) is 0 Å². The van der Waals surface area contributed by atoms with Crippen LogP contribution in [0.1, 0.15) is 33.6 Å². The molecule has 1 saturated heterocycles. The van der Waals surface area contributed by atoms with Gasteiger partial charge in [-0.05, 0) is 55.2 Å². The molecule has 0 radical (unpaired) electrons. The summed E-state index contributed by atoms with van der Waals surface area (Å²) in [6, 6.07) is 19.6. The summed E-state index contributed by atoms with van der Waals surface area (Å²) in [5.74, 6) is 0.888. The molecule has 1 heterocycles. The van der Waals surface area contributed by atoms with Gasteiger partial charge in [0.05, 0.1) is 0 Å². The Hall–Kier alpha value is -1.41. The van der Waals surface area contributed by atoms with E-state index < -0.39 is 0 Å². The number of nitrogens with zero attached hydrogens (tertiary/aromatic N) is 1. The predicted octanol–water partition coefficient (Wildman–Crippen LogP) is 6.10. The van der Waals surface area contributed by atoms with Crippen molar-refractivity contribution in [2.24, 2.45) is 5.92 Å². The molecular weight excluding hydrogens is 286 g/mol. The van der Waals surface area contributed by atoms with Crippen LogP contribution in [0.25, 0.3) is 0 Å². The Morgan fingerprint density at radius 3 is 1.95 bits per heavy atom. The van der Waals surface area contributed by atoms with Crippen molar-refractivity contribution in [2.45, 2.75) is 43.4 Å². The molecule has 0 amide bonds. The van der Waals surface area contributed by atoms with Crippen LogP contribution in [0, 0.1) is 5.92 Å². The summed E-state index contributed by atoms with van der Waals surface area (Å²) in [6.45, 7) is 8.76. The second-order valence-corrected chi connectivity index (χ2v) is 6.73. The number of hydrogen-bond acceptors (Lipinski definition) is 2. The standard InChI is InChI=1S/C18H21NS.C2H6/c1-15-11-13-19(14-12-15)16-7-9-18(10-8-16)20-17-5-3-2-4-6-17;1-2/h2-10,15H,11-14H2,1H3;1-2H3. The summed E-state index contributed by atoms with van der Waals surface area (Å²) in [5.41, 5.74) is 1.37. The Kier molecular flexibility index (Phi) is 6.85.